The van der Waals surface area contributed by atoms with E-state index >= 15 is 0 Å². The van der Waals surface area contributed by atoms with Crippen LogP contribution in [-0.4, -0.2) is 37.1 Å². The molecule has 0 bridgehead atoms. The molecule has 2 atom stereocenters. The van der Waals surface area contributed by atoms with Gasteiger partial charge >= 0.3 is 0 Å². The average molecular weight is 246 g/mol. The monoisotopic (exact) mass is 246 g/mol. The first-order valence-electron chi connectivity index (χ1n) is 7.30. The van der Waals surface area contributed by atoms with Crippen molar-refractivity contribution < 1.29 is 0 Å². The summed E-state index contributed by atoms with van der Waals surface area (Å²) in [5.41, 5.74) is 1.46. The second-order valence-corrected chi connectivity index (χ2v) is 5.51. The lowest BCUT2D eigenvalue weighted by Gasteiger charge is -2.35. The number of hydrogen-bond acceptors (Lipinski definition) is 2. The van der Waals surface area contributed by atoms with Gasteiger partial charge in [0.05, 0.1) is 0 Å². The summed E-state index contributed by atoms with van der Waals surface area (Å²) in [5, 5.41) is 3.62. The molecular formula is C16H26N2. The van der Waals surface area contributed by atoms with Crippen molar-refractivity contribution in [1.29, 1.82) is 0 Å². The minimum atomic E-state index is 0.631. The van der Waals surface area contributed by atoms with Gasteiger partial charge in [-0.2, -0.15) is 0 Å². The van der Waals surface area contributed by atoms with E-state index in [1.807, 2.05) is 0 Å². The third-order valence-corrected chi connectivity index (χ3v) is 3.88. The maximum Gasteiger partial charge on any atom is 0.0195 e. The molecule has 1 heterocycles. The Morgan fingerprint density at radius 2 is 2.11 bits per heavy atom. The molecule has 1 aliphatic heterocycles. The molecule has 0 amide bonds. The average Bonchev–Trinajstić information content (AvgIpc) is 2.40. The van der Waals surface area contributed by atoms with Gasteiger partial charge < -0.3 is 5.32 Å². The van der Waals surface area contributed by atoms with Gasteiger partial charge in [-0.25, -0.2) is 0 Å². The van der Waals surface area contributed by atoms with E-state index in [1.165, 1.54) is 38.0 Å². The van der Waals surface area contributed by atoms with Crippen LogP contribution in [0.4, 0.5) is 0 Å². The Morgan fingerprint density at radius 1 is 1.33 bits per heavy atom. The Hall–Kier alpha value is -0.860. The number of nitrogens with one attached hydrogen (secondary N) is 1. The van der Waals surface area contributed by atoms with Crippen LogP contribution < -0.4 is 5.32 Å². The largest absolute Gasteiger partial charge is 0.311 e. The molecule has 2 unspecified atom stereocenters. The van der Waals surface area contributed by atoms with E-state index in [-0.39, 0.29) is 0 Å². The molecule has 0 aromatic heterocycles. The molecule has 100 valence electrons. The van der Waals surface area contributed by atoms with Crippen LogP contribution in [0.5, 0.6) is 0 Å². The molecule has 0 aliphatic carbocycles. The highest BCUT2D eigenvalue weighted by atomic mass is 15.2. The molecule has 1 saturated heterocycles. The summed E-state index contributed by atoms with van der Waals surface area (Å²) >= 11 is 0. The van der Waals surface area contributed by atoms with Crippen molar-refractivity contribution in [2.75, 3.05) is 26.2 Å². The smallest absolute Gasteiger partial charge is 0.0195 e. The van der Waals surface area contributed by atoms with Crippen LogP contribution in [0.1, 0.15) is 38.2 Å². The van der Waals surface area contributed by atoms with Gasteiger partial charge in [-0.3, -0.25) is 4.90 Å². The number of nitrogens with zero attached hydrogens (tertiary/aromatic N) is 1. The molecular weight excluding hydrogens is 220 g/mol. The molecule has 1 aromatic rings. The van der Waals surface area contributed by atoms with Crippen molar-refractivity contribution in [2.24, 2.45) is 0 Å². The minimum absolute atomic E-state index is 0.631. The van der Waals surface area contributed by atoms with Gasteiger partial charge in [0.1, 0.15) is 0 Å². The summed E-state index contributed by atoms with van der Waals surface area (Å²) < 4.78 is 0. The van der Waals surface area contributed by atoms with Crippen molar-refractivity contribution in [3.05, 3.63) is 35.9 Å². The van der Waals surface area contributed by atoms with Gasteiger partial charge in [0.2, 0.25) is 0 Å². The summed E-state index contributed by atoms with van der Waals surface area (Å²) in [6, 6.07) is 11.6. The lowest BCUT2D eigenvalue weighted by Crippen LogP contribution is -2.51. The lowest BCUT2D eigenvalue weighted by molar-refractivity contribution is 0.186. The summed E-state index contributed by atoms with van der Waals surface area (Å²) in [4.78, 5) is 2.62. The first kappa shape index (κ1) is 13.6. The van der Waals surface area contributed by atoms with Gasteiger partial charge in [-0.15, -0.1) is 0 Å². The second-order valence-electron chi connectivity index (χ2n) is 5.51. The summed E-state index contributed by atoms with van der Waals surface area (Å²) in [6.45, 7) is 9.35. The molecule has 18 heavy (non-hydrogen) atoms. The zero-order valence-corrected chi connectivity index (χ0v) is 11.7. The quantitative estimate of drug-likeness (QED) is 0.859. The topological polar surface area (TPSA) is 15.3 Å². The fourth-order valence-electron chi connectivity index (χ4n) is 2.88. The van der Waals surface area contributed by atoms with Gasteiger partial charge in [0.25, 0.3) is 0 Å². The molecule has 1 N–H and O–H groups in total. The van der Waals surface area contributed by atoms with Crippen LogP contribution in [0.25, 0.3) is 0 Å². The van der Waals surface area contributed by atoms with Crippen LogP contribution in [0.2, 0.25) is 0 Å². The van der Waals surface area contributed by atoms with E-state index in [4.69, 9.17) is 0 Å². The highest BCUT2D eigenvalue weighted by Gasteiger charge is 2.20. The summed E-state index contributed by atoms with van der Waals surface area (Å²) in [6.07, 6.45) is 2.58. The first-order valence-corrected chi connectivity index (χ1v) is 7.30. The molecule has 0 spiro atoms. The van der Waals surface area contributed by atoms with Gasteiger partial charge in [-0.05, 0) is 17.9 Å². The Bertz CT molecular complexity index is 334. The molecule has 2 rings (SSSR count). The molecule has 1 fully saturated rings. The standard InChI is InChI=1S/C16H26N2/c1-3-7-16-13-18(11-10-17-16)12-14(2)15-8-5-4-6-9-15/h4-6,8-9,14,16-17H,3,7,10-13H2,1-2H3. The van der Waals surface area contributed by atoms with Crippen LogP contribution in [-0.2, 0) is 0 Å². The van der Waals surface area contributed by atoms with Gasteiger partial charge in [0, 0.05) is 32.2 Å². The SMILES string of the molecule is CCCC1CN(CC(C)c2ccccc2)CCN1. The van der Waals surface area contributed by atoms with Crippen molar-refractivity contribution in [3.8, 4) is 0 Å². The summed E-state index contributed by atoms with van der Waals surface area (Å²) in [5.74, 6) is 0.631. The minimum Gasteiger partial charge on any atom is -0.311 e. The van der Waals surface area contributed by atoms with E-state index in [0.29, 0.717) is 12.0 Å². The van der Waals surface area contributed by atoms with Gasteiger partial charge in [-0.1, -0.05) is 50.6 Å². The van der Waals surface area contributed by atoms with Crippen molar-refractivity contribution >= 4 is 0 Å². The zero-order chi connectivity index (χ0) is 12.8. The molecule has 0 saturated carbocycles. The highest BCUT2D eigenvalue weighted by molar-refractivity contribution is 5.19. The molecule has 1 aromatic carbocycles. The predicted octanol–water partition coefficient (Wildman–Crippen LogP) is 2.86. The maximum atomic E-state index is 3.62. The Kier molecular flexibility index (Phi) is 5.21. The van der Waals surface area contributed by atoms with Crippen molar-refractivity contribution in [1.82, 2.24) is 10.2 Å². The van der Waals surface area contributed by atoms with E-state index in [0.717, 1.165) is 6.54 Å². The van der Waals surface area contributed by atoms with Crippen molar-refractivity contribution in [3.63, 3.8) is 0 Å². The van der Waals surface area contributed by atoms with Gasteiger partial charge in [0.15, 0.2) is 0 Å². The van der Waals surface area contributed by atoms with E-state index in [2.05, 4.69) is 54.4 Å². The first-order chi connectivity index (χ1) is 8.79. The second kappa shape index (κ2) is 6.91. The predicted molar refractivity (Wildman–Crippen MR) is 78.0 cm³/mol. The van der Waals surface area contributed by atoms with Crippen LogP contribution in [0, 0.1) is 0 Å². The van der Waals surface area contributed by atoms with Crippen molar-refractivity contribution in [2.45, 2.75) is 38.6 Å². The van der Waals surface area contributed by atoms with Crippen LogP contribution in [0.15, 0.2) is 30.3 Å². The Morgan fingerprint density at radius 3 is 2.83 bits per heavy atom. The third kappa shape index (κ3) is 3.82. The van der Waals surface area contributed by atoms with Crippen LogP contribution >= 0.6 is 0 Å². The van der Waals surface area contributed by atoms with E-state index in [9.17, 15) is 0 Å². The van der Waals surface area contributed by atoms with Crippen LogP contribution in [0.3, 0.4) is 0 Å². The molecule has 2 nitrogen and oxygen atoms in total. The molecule has 0 radical (unpaired) electrons. The zero-order valence-electron chi connectivity index (χ0n) is 11.7. The van der Waals surface area contributed by atoms with E-state index in [1.54, 1.807) is 0 Å². The summed E-state index contributed by atoms with van der Waals surface area (Å²) in [7, 11) is 0. The fourth-order valence-corrected chi connectivity index (χ4v) is 2.88. The number of piperazine rings is 1. The Labute approximate surface area is 111 Å². The lowest BCUT2D eigenvalue weighted by atomic mass is 9.99. The number of rotatable bonds is 5. The Balaban J connectivity index is 1.85. The third-order valence-electron chi connectivity index (χ3n) is 3.88. The molecule has 1 aliphatic rings. The normalized spacial score (nSPS) is 22.9. The fraction of sp³-hybridized carbons (Fsp3) is 0.625. The highest BCUT2D eigenvalue weighted by Crippen LogP contribution is 2.17. The maximum absolute atomic E-state index is 3.62. The number of hydrogen-bond donors (Lipinski definition) is 1. The number of benzene rings is 1. The molecule has 2 heteroatoms. The van der Waals surface area contributed by atoms with E-state index < -0.39 is 0 Å².